The number of hydrogen-bond donors (Lipinski definition) is 0. The maximum atomic E-state index is 10.1. The van der Waals surface area contributed by atoms with Gasteiger partial charge < -0.3 is 4.90 Å². The first-order valence-electron chi connectivity index (χ1n) is 5.67. The van der Waals surface area contributed by atoms with Crippen molar-refractivity contribution in [1.82, 2.24) is 9.80 Å². The van der Waals surface area contributed by atoms with Crippen LogP contribution in [0.2, 0.25) is 0 Å². The Morgan fingerprint density at radius 3 is 1.33 bits per heavy atom. The van der Waals surface area contributed by atoms with E-state index in [0.717, 1.165) is 6.54 Å². The Bertz CT molecular complexity index is 157. The average molecular weight is 216 g/mol. The SMILES string of the molecule is CC(=O)N(C)C.CCN(C(C)C)C(C)C. The molecule has 0 aliphatic rings. The lowest BCUT2D eigenvalue weighted by Crippen LogP contribution is -2.36. The van der Waals surface area contributed by atoms with Crippen LogP contribution in [-0.2, 0) is 4.79 Å². The van der Waals surface area contributed by atoms with Gasteiger partial charge in [0.25, 0.3) is 0 Å². The molecule has 0 aliphatic heterocycles. The van der Waals surface area contributed by atoms with Crippen molar-refractivity contribution in [3.8, 4) is 0 Å². The Morgan fingerprint density at radius 2 is 1.33 bits per heavy atom. The maximum Gasteiger partial charge on any atom is 0.218 e. The van der Waals surface area contributed by atoms with Gasteiger partial charge in [-0.2, -0.15) is 0 Å². The minimum atomic E-state index is 0.0926. The van der Waals surface area contributed by atoms with E-state index >= 15 is 0 Å². The summed E-state index contributed by atoms with van der Waals surface area (Å²) in [7, 11) is 3.45. The van der Waals surface area contributed by atoms with Crippen LogP contribution in [0, 0.1) is 0 Å². The molecule has 0 saturated heterocycles. The second-order valence-corrected chi connectivity index (χ2v) is 4.43. The zero-order valence-corrected chi connectivity index (χ0v) is 11.7. The lowest BCUT2D eigenvalue weighted by atomic mass is 10.2. The molecule has 0 aliphatic carbocycles. The number of carbonyl (C=O) groups excluding carboxylic acids is 1. The standard InChI is InChI=1S/C8H19N.C4H9NO/c1-6-9(7(2)3)8(4)5;1-4(6)5(2)3/h7-8H,6H2,1-5H3;1-3H3. The first kappa shape index (κ1) is 16.8. The molecule has 0 unspecified atom stereocenters. The van der Waals surface area contributed by atoms with Gasteiger partial charge in [-0.25, -0.2) is 0 Å². The van der Waals surface area contributed by atoms with Crippen LogP contribution in [-0.4, -0.2) is 48.4 Å². The summed E-state index contributed by atoms with van der Waals surface area (Å²) in [6, 6.07) is 1.38. The van der Waals surface area contributed by atoms with E-state index in [1.54, 1.807) is 14.1 Å². The fraction of sp³-hybridized carbons (Fsp3) is 0.917. The molecule has 0 aromatic rings. The average Bonchev–Trinajstić information content (AvgIpc) is 2.04. The maximum absolute atomic E-state index is 10.1. The molecular formula is C12H28N2O. The van der Waals surface area contributed by atoms with E-state index in [-0.39, 0.29) is 5.91 Å². The second kappa shape index (κ2) is 8.72. The van der Waals surface area contributed by atoms with Crippen LogP contribution in [0.1, 0.15) is 41.5 Å². The molecule has 3 heteroatoms. The molecule has 0 bridgehead atoms. The number of hydrogen-bond acceptors (Lipinski definition) is 2. The molecule has 0 N–H and O–H groups in total. The third-order valence-electron chi connectivity index (χ3n) is 2.32. The Labute approximate surface area is 95.4 Å². The topological polar surface area (TPSA) is 23.6 Å². The van der Waals surface area contributed by atoms with Crippen LogP contribution in [0.3, 0.4) is 0 Å². The van der Waals surface area contributed by atoms with Crippen molar-refractivity contribution >= 4 is 5.91 Å². The van der Waals surface area contributed by atoms with E-state index in [0.29, 0.717) is 12.1 Å². The third-order valence-corrected chi connectivity index (χ3v) is 2.32. The van der Waals surface area contributed by atoms with Crippen molar-refractivity contribution in [2.45, 2.75) is 53.6 Å². The predicted octanol–water partition coefficient (Wildman–Crippen LogP) is 2.22. The summed E-state index contributed by atoms with van der Waals surface area (Å²) in [5, 5.41) is 0. The molecule has 0 aromatic carbocycles. The van der Waals surface area contributed by atoms with Gasteiger partial charge in [-0.15, -0.1) is 0 Å². The fourth-order valence-corrected chi connectivity index (χ4v) is 1.33. The number of carbonyl (C=O) groups is 1. The normalized spacial score (nSPS) is 10.3. The zero-order chi connectivity index (χ0) is 12.6. The molecular weight excluding hydrogens is 188 g/mol. The van der Waals surface area contributed by atoms with Crippen molar-refractivity contribution in [2.24, 2.45) is 0 Å². The number of amides is 1. The summed E-state index contributed by atoms with van der Waals surface area (Å²) in [5.74, 6) is 0.0926. The monoisotopic (exact) mass is 216 g/mol. The van der Waals surface area contributed by atoms with Crippen molar-refractivity contribution < 1.29 is 4.79 Å². The highest BCUT2D eigenvalue weighted by molar-refractivity contribution is 5.72. The number of nitrogens with zero attached hydrogens (tertiary/aromatic N) is 2. The highest BCUT2D eigenvalue weighted by atomic mass is 16.2. The van der Waals surface area contributed by atoms with Crippen LogP contribution < -0.4 is 0 Å². The van der Waals surface area contributed by atoms with Gasteiger partial charge in [0, 0.05) is 33.1 Å². The fourth-order valence-electron chi connectivity index (χ4n) is 1.33. The second-order valence-electron chi connectivity index (χ2n) is 4.43. The molecule has 0 radical (unpaired) electrons. The van der Waals surface area contributed by atoms with Gasteiger partial charge in [0.1, 0.15) is 0 Å². The van der Waals surface area contributed by atoms with Gasteiger partial charge in [0.15, 0.2) is 0 Å². The lowest BCUT2D eigenvalue weighted by Gasteiger charge is -2.28. The van der Waals surface area contributed by atoms with Gasteiger partial charge in [0.2, 0.25) is 5.91 Å². The summed E-state index contributed by atoms with van der Waals surface area (Å²) in [6.45, 7) is 13.9. The first-order chi connectivity index (χ1) is 6.73. The van der Waals surface area contributed by atoms with Crippen LogP contribution in [0.15, 0.2) is 0 Å². The Balaban J connectivity index is 0. The van der Waals surface area contributed by atoms with Crippen LogP contribution in [0.25, 0.3) is 0 Å². The van der Waals surface area contributed by atoms with E-state index < -0.39 is 0 Å². The van der Waals surface area contributed by atoms with E-state index in [1.807, 2.05) is 0 Å². The molecule has 0 saturated carbocycles. The highest BCUT2D eigenvalue weighted by Gasteiger charge is 2.08. The van der Waals surface area contributed by atoms with Crippen LogP contribution in [0.4, 0.5) is 0 Å². The minimum Gasteiger partial charge on any atom is -0.349 e. The third kappa shape index (κ3) is 9.73. The largest absolute Gasteiger partial charge is 0.349 e. The van der Waals surface area contributed by atoms with E-state index in [2.05, 4.69) is 39.5 Å². The summed E-state index contributed by atoms with van der Waals surface area (Å²) in [5.41, 5.74) is 0. The quantitative estimate of drug-likeness (QED) is 0.722. The molecule has 0 spiro atoms. The first-order valence-corrected chi connectivity index (χ1v) is 5.67. The van der Waals surface area contributed by atoms with Gasteiger partial charge in [-0.3, -0.25) is 9.69 Å². The number of rotatable bonds is 3. The van der Waals surface area contributed by atoms with Gasteiger partial charge in [0.05, 0.1) is 0 Å². The highest BCUT2D eigenvalue weighted by Crippen LogP contribution is 2.02. The molecule has 92 valence electrons. The van der Waals surface area contributed by atoms with Crippen molar-refractivity contribution in [3.05, 3.63) is 0 Å². The van der Waals surface area contributed by atoms with Crippen LogP contribution in [0.5, 0.6) is 0 Å². The Kier molecular flexibility index (Phi) is 9.79. The molecule has 3 nitrogen and oxygen atoms in total. The summed E-state index contributed by atoms with van der Waals surface area (Å²) >= 11 is 0. The molecule has 0 atom stereocenters. The van der Waals surface area contributed by atoms with Gasteiger partial charge >= 0.3 is 0 Å². The molecule has 1 amide bonds. The van der Waals surface area contributed by atoms with Gasteiger partial charge in [-0.1, -0.05) is 6.92 Å². The van der Waals surface area contributed by atoms with Crippen molar-refractivity contribution in [3.63, 3.8) is 0 Å². The summed E-state index contributed by atoms with van der Waals surface area (Å²) in [6.07, 6.45) is 0. The predicted molar refractivity (Wildman–Crippen MR) is 67.0 cm³/mol. The molecule has 0 fully saturated rings. The van der Waals surface area contributed by atoms with Crippen LogP contribution >= 0.6 is 0 Å². The van der Waals surface area contributed by atoms with Crippen molar-refractivity contribution in [2.75, 3.05) is 20.6 Å². The van der Waals surface area contributed by atoms with E-state index in [9.17, 15) is 4.79 Å². The summed E-state index contributed by atoms with van der Waals surface area (Å²) in [4.78, 5) is 14.1. The molecule has 0 heterocycles. The van der Waals surface area contributed by atoms with Crippen molar-refractivity contribution in [1.29, 1.82) is 0 Å². The lowest BCUT2D eigenvalue weighted by molar-refractivity contribution is -0.126. The smallest absolute Gasteiger partial charge is 0.218 e. The molecule has 0 rings (SSSR count). The zero-order valence-electron chi connectivity index (χ0n) is 11.7. The van der Waals surface area contributed by atoms with E-state index in [1.165, 1.54) is 11.8 Å². The molecule has 15 heavy (non-hydrogen) atoms. The minimum absolute atomic E-state index is 0.0926. The summed E-state index contributed by atoms with van der Waals surface area (Å²) < 4.78 is 0. The Morgan fingerprint density at radius 1 is 1.07 bits per heavy atom. The molecule has 0 aromatic heterocycles. The van der Waals surface area contributed by atoms with E-state index in [4.69, 9.17) is 0 Å². The van der Waals surface area contributed by atoms with Gasteiger partial charge in [-0.05, 0) is 34.2 Å². The Hall–Kier alpha value is -0.570.